The Kier molecular flexibility index (Phi) is 3.44. The Labute approximate surface area is 126 Å². The summed E-state index contributed by atoms with van der Waals surface area (Å²) in [5, 5.41) is 0.614. The molecule has 1 unspecified atom stereocenters. The number of oxazole rings is 1. The first-order valence-corrected chi connectivity index (χ1v) is 7.16. The van der Waals surface area contributed by atoms with Crippen LogP contribution in [0.2, 0.25) is 5.02 Å². The van der Waals surface area contributed by atoms with E-state index < -0.39 is 0 Å². The van der Waals surface area contributed by atoms with E-state index in [1.807, 2.05) is 36.6 Å². The SMILES string of the molecule is Cc1cnc(C(C)n2c(CCl)nc3c(Cl)cccc32)o1. The molecule has 4 nitrogen and oxygen atoms in total. The number of imidazole rings is 1. The number of rotatable bonds is 3. The second kappa shape index (κ2) is 5.11. The molecule has 0 aliphatic carbocycles. The van der Waals surface area contributed by atoms with Crippen molar-refractivity contribution < 1.29 is 4.42 Å². The van der Waals surface area contributed by atoms with Crippen LogP contribution in [-0.2, 0) is 5.88 Å². The first kappa shape index (κ1) is 13.5. The highest BCUT2D eigenvalue weighted by atomic mass is 35.5. The topological polar surface area (TPSA) is 43.9 Å². The molecular weight excluding hydrogens is 297 g/mol. The van der Waals surface area contributed by atoms with Crippen molar-refractivity contribution in [1.82, 2.24) is 14.5 Å². The average molecular weight is 310 g/mol. The maximum Gasteiger partial charge on any atom is 0.217 e. The van der Waals surface area contributed by atoms with E-state index in [9.17, 15) is 0 Å². The Balaban J connectivity index is 2.21. The lowest BCUT2D eigenvalue weighted by atomic mass is 10.2. The van der Waals surface area contributed by atoms with Crippen molar-refractivity contribution in [2.45, 2.75) is 25.8 Å². The Morgan fingerprint density at radius 2 is 2.20 bits per heavy atom. The Bertz CT molecular complexity index is 763. The molecule has 0 amide bonds. The molecule has 2 heterocycles. The highest BCUT2D eigenvalue weighted by Crippen LogP contribution is 2.30. The predicted octanol–water partition coefficient (Wildman–Crippen LogP) is 4.33. The number of hydrogen-bond donors (Lipinski definition) is 0. The van der Waals surface area contributed by atoms with Crippen molar-refractivity contribution in [3.8, 4) is 0 Å². The minimum atomic E-state index is -0.0964. The van der Waals surface area contributed by atoms with Gasteiger partial charge >= 0.3 is 0 Å². The second-order valence-corrected chi connectivity index (χ2v) is 5.30. The van der Waals surface area contributed by atoms with Crippen LogP contribution in [0.25, 0.3) is 11.0 Å². The van der Waals surface area contributed by atoms with Crippen molar-refractivity contribution in [3.63, 3.8) is 0 Å². The van der Waals surface area contributed by atoms with Gasteiger partial charge in [-0.2, -0.15) is 0 Å². The summed E-state index contributed by atoms with van der Waals surface area (Å²) in [5.41, 5.74) is 1.68. The number of halogens is 2. The van der Waals surface area contributed by atoms with Gasteiger partial charge in [0.2, 0.25) is 5.89 Å². The van der Waals surface area contributed by atoms with Crippen LogP contribution < -0.4 is 0 Å². The largest absolute Gasteiger partial charge is 0.444 e. The monoisotopic (exact) mass is 309 g/mol. The summed E-state index contributed by atoms with van der Waals surface area (Å²) in [6.45, 7) is 3.87. The van der Waals surface area contributed by atoms with Crippen LogP contribution >= 0.6 is 23.2 Å². The lowest BCUT2D eigenvalue weighted by molar-refractivity contribution is 0.415. The van der Waals surface area contributed by atoms with Crippen LogP contribution in [0.5, 0.6) is 0 Å². The summed E-state index contributed by atoms with van der Waals surface area (Å²) in [5.74, 6) is 2.46. The van der Waals surface area contributed by atoms with E-state index in [0.717, 1.165) is 22.6 Å². The maximum atomic E-state index is 6.20. The number of aryl methyl sites for hydroxylation is 1. The van der Waals surface area contributed by atoms with E-state index in [2.05, 4.69) is 9.97 Å². The van der Waals surface area contributed by atoms with Gasteiger partial charge in [-0.1, -0.05) is 17.7 Å². The summed E-state index contributed by atoms with van der Waals surface area (Å²) in [6.07, 6.45) is 1.71. The van der Waals surface area contributed by atoms with Gasteiger partial charge in [-0.05, 0) is 26.0 Å². The van der Waals surface area contributed by atoms with Crippen LogP contribution in [0.1, 0.15) is 30.4 Å². The van der Waals surface area contributed by atoms with Gasteiger partial charge in [0.05, 0.1) is 22.6 Å². The second-order valence-electron chi connectivity index (χ2n) is 4.62. The third-order valence-corrected chi connectivity index (χ3v) is 3.79. The van der Waals surface area contributed by atoms with Crippen LogP contribution in [-0.4, -0.2) is 14.5 Å². The molecule has 2 aromatic heterocycles. The maximum absolute atomic E-state index is 6.20. The molecule has 0 saturated heterocycles. The number of nitrogens with zero attached hydrogens (tertiary/aromatic N) is 3. The molecule has 3 rings (SSSR count). The Morgan fingerprint density at radius 3 is 2.85 bits per heavy atom. The van der Waals surface area contributed by atoms with E-state index >= 15 is 0 Å². The molecule has 6 heteroatoms. The first-order chi connectivity index (χ1) is 9.61. The van der Waals surface area contributed by atoms with E-state index in [1.165, 1.54) is 0 Å². The molecule has 0 aliphatic rings. The summed E-state index contributed by atoms with van der Waals surface area (Å²) in [4.78, 5) is 8.80. The third-order valence-electron chi connectivity index (χ3n) is 3.25. The molecule has 0 spiro atoms. The van der Waals surface area contributed by atoms with Gasteiger partial charge in [0.1, 0.15) is 23.1 Å². The molecule has 1 aromatic carbocycles. The highest BCUT2D eigenvalue weighted by molar-refractivity contribution is 6.35. The van der Waals surface area contributed by atoms with E-state index in [-0.39, 0.29) is 6.04 Å². The van der Waals surface area contributed by atoms with Gasteiger partial charge in [0, 0.05) is 0 Å². The fourth-order valence-corrected chi connectivity index (χ4v) is 2.73. The Morgan fingerprint density at radius 1 is 1.40 bits per heavy atom. The molecule has 0 aliphatic heterocycles. The fourth-order valence-electron chi connectivity index (χ4n) is 2.33. The lowest BCUT2D eigenvalue weighted by Crippen LogP contribution is -2.10. The van der Waals surface area contributed by atoms with Crippen molar-refractivity contribution >= 4 is 34.2 Å². The lowest BCUT2D eigenvalue weighted by Gasteiger charge is -2.13. The van der Waals surface area contributed by atoms with E-state index in [4.69, 9.17) is 27.6 Å². The van der Waals surface area contributed by atoms with Crippen LogP contribution in [0.3, 0.4) is 0 Å². The quantitative estimate of drug-likeness (QED) is 0.676. The van der Waals surface area contributed by atoms with Crippen molar-refractivity contribution in [3.05, 3.63) is 46.9 Å². The minimum absolute atomic E-state index is 0.0964. The number of hydrogen-bond acceptors (Lipinski definition) is 3. The zero-order valence-electron chi connectivity index (χ0n) is 11.1. The molecule has 3 aromatic rings. The molecular formula is C14H13Cl2N3O. The summed E-state index contributed by atoms with van der Waals surface area (Å²) in [7, 11) is 0. The molecule has 104 valence electrons. The van der Waals surface area contributed by atoms with E-state index in [0.29, 0.717) is 16.8 Å². The van der Waals surface area contributed by atoms with Gasteiger partial charge < -0.3 is 8.98 Å². The summed E-state index contributed by atoms with van der Waals surface area (Å²) < 4.78 is 7.63. The van der Waals surface area contributed by atoms with Crippen molar-refractivity contribution in [2.75, 3.05) is 0 Å². The van der Waals surface area contributed by atoms with Gasteiger partial charge in [0.15, 0.2) is 0 Å². The molecule has 0 fully saturated rings. The molecule has 20 heavy (non-hydrogen) atoms. The highest BCUT2D eigenvalue weighted by Gasteiger charge is 2.21. The number of benzene rings is 1. The van der Waals surface area contributed by atoms with Gasteiger partial charge in [-0.3, -0.25) is 0 Å². The zero-order valence-corrected chi connectivity index (χ0v) is 12.6. The average Bonchev–Trinajstić information content (AvgIpc) is 3.02. The third kappa shape index (κ3) is 2.09. The molecule has 0 saturated carbocycles. The standard InChI is InChI=1S/C14H13Cl2N3O/c1-8-7-17-14(20-8)9(2)19-11-5-3-4-10(16)13(11)18-12(19)6-15/h3-5,7,9H,6H2,1-2H3. The molecule has 0 bridgehead atoms. The van der Waals surface area contributed by atoms with Gasteiger partial charge in [-0.15, -0.1) is 11.6 Å². The zero-order chi connectivity index (χ0) is 14.3. The van der Waals surface area contributed by atoms with Crippen molar-refractivity contribution in [1.29, 1.82) is 0 Å². The normalized spacial score (nSPS) is 13.0. The summed E-state index contributed by atoms with van der Waals surface area (Å²) in [6, 6.07) is 5.59. The van der Waals surface area contributed by atoms with Crippen LogP contribution in [0.15, 0.2) is 28.8 Å². The molecule has 0 radical (unpaired) electrons. The number of aromatic nitrogens is 3. The number of alkyl halides is 1. The van der Waals surface area contributed by atoms with Crippen LogP contribution in [0.4, 0.5) is 0 Å². The predicted molar refractivity (Wildman–Crippen MR) is 79.4 cm³/mol. The van der Waals surface area contributed by atoms with E-state index in [1.54, 1.807) is 6.20 Å². The Hall–Kier alpha value is -1.52. The first-order valence-electron chi connectivity index (χ1n) is 6.25. The van der Waals surface area contributed by atoms with Gasteiger partial charge in [0.25, 0.3) is 0 Å². The number of para-hydroxylation sites is 1. The summed E-state index contributed by atoms with van der Waals surface area (Å²) >= 11 is 12.2. The molecule has 0 N–H and O–H groups in total. The molecule has 1 atom stereocenters. The van der Waals surface area contributed by atoms with Crippen molar-refractivity contribution in [2.24, 2.45) is 0 Å². The fraction of sp³-hybridized carbons (Fsp3) is 0.286. The smallest absolute Gasteiger partial charge is 0.217 e. The van der Waals surface area contributed by atoms with Crippen LogP contribution in [0, 0.1) is 6.92 Å². The van der Waals surface area contributed by atoms with Gasteiger partial charge in [-0.25, -0.2) is 9.97 Å². The number of fused-ring (bicyclic) bond motifs is 1. The minimum Gasteiger partial charge on any atom is -0.444 e.